The molecule has 0 fully saturated rings. The van der Waals surface area contributed by atoms with Crippen LogP contribution in [-0.4, -0.2) is 23.6 Å². The highest BCUT2D eigenvalue weighted by Crippen LogP contribution is 2.57. The van der Waals surface area contributed by atoms with Crippen LogP contribution < -0.4 is 77.1 Å². The minimum atomic E-state index is -2.55. The molecule has 0 N–H and O–H groups in total. The third kappa shape index (κ3) is 8.23. The molecule has 4 amide bonds. The Bertz CT molecular complexity index is 3820. The van der Waals surface area contributed by atoms with Gasteiger partial charge < -0.3 is 24.8 Å². The van der Waals surface area contributed by atoms with Gasteiger partial charge in [-0.3, -0.25) is 19.2 Å². The Balaban J connectivity index is 0.00000337. The maximum absolute atomic E-state index is 15.0. The van der Waals surface area contributed by atoms with E-state index in [2.05, 4.69) is 178 Å². The van der Waals surface area contributed by atoms with Crippen molar-refractivity contribution in [2.45, 2.75) is 38.0 Å². The summed E-state index contributed by atoms with van der Waals surface area (Å²) < 4.78 is 0. The zero-order valence-electron chi connectivity index (χ0n) is 44.2. The Hall–Kier alpha value is -8.08. The van der Waals surface area contributed by atoms with E-state index < -0.39 is 19.9 Å². The molecule has 1 unspecified atom stereocenters. The lowest BCUT2D eigenvalue weighted by atomic mass is 9.75. The van der Waals surface area contributed by atoms with Crippen molar-refractivity contribution < 1.29 is 44.0 Å². The molecule has 0 spiro atoms. The lowest BCUT2D eigenvalue weighted by molar-refractivity contribution is -0.001000. The van der Waals surface area contributed by atoms with Crippen LogP contribution in [-0.2, 0) is 10.8 Å². The van der Waals surface area contributed by atoms with E-state index in [1.54, 1.807) is 0 Å². The molecule has 2 heterocycles. The van der Waals surface area contributed by atoms with Gasteiger partial charge in [0.2, 0.25) is 0 Å². The fourth-order valence-corrected chi connectivity index (χ4v) is 21.6. The average Bonchev–Trinajstić information content (AvgIpc) is 4.03. The minimum Gasteiger partial charge on any atom is -1.00 e. The van der Waals surface area contributed by atoms with Gasteiger partial charge in [0.1, 0.15) is 57.0 Å². The summed E-state index contributed by atoms with van der Waals surface area (Å²) in [5.41, 5.74) is 4.86. The van der Waals surface area contributed by atoms with Gasteiger partial charge >= 0.3 is 0 Å². The van der Waals surface area contributed by atoms with E-state index in [4.69, 9.17) is 0 Å². The molecule has 2 aliphatic heterocycles. The second kappa shape index (κ2) is 20.9. The number of imide groups is 2. The molecule has 0 saturated carbocycles. The summed E-state index contributed by atoms with van der Waals surface area (Å²) in [6, 6.07) is 88.5. The third-order valence-electron chi connectivity index (χ3n) is 16.5. The van der Waals surface area contributed by atoms with Gasteiger partial charge in [-0.1, -0.05) is 148 Å². The van der Waals surface area contributed by atoms with Crippen molar-refractivity contribution in [3.63, 3.8) is 0 Å². The van der Waals surface area contributed by atoms with E-state index in [0.717, 1.165) is 65.5 Å². The van der Waals surface area contributed by atoms with Crippen LogP contribution in [0.1, 0.15) is 85.3 Å². The van der Waals surface area contributed by atoms with Gasteiger partial charge in [0.25, 0.3) is 23.6 Å². The van der Waals surface area contributed by atoms with Crippen molar-refractivity contribution in [3.8, 4) is 0 Å². The molecule has 10 heteroatoms. The molecule has 0 aromatic heterocycles. The first-order chi connectivity index (χ1) is 38.0. The Morgan fingerprint density at radius 3 is 0.975 bits per heavy atom. The van der Waals surface area contributed by atoms with Crippen molar-refractivity contribution in [1.29, 1.82) is 0 Å². The summed E-state index contributed by atoms with van der Waals surface area (Å²) in [4.78, 5) is 61.5. The summed E-state index contributed by atoms with van der Waals surface area (Å²) in [6.07, 6.45) is 0.749. The number of carbonyl (C=O) groups is 4. The number of nitrogens with zero attached hydrogens (tertiary/aromatic N) is 2. The molecular weight excluding hydrogens is 1070 g/mol. The highest BCUT2D eigenvalue weighted by Gasteiger charge is 2.52. The zero-order chi connectivity index (χ0) is 53.4. The maximum atomic E-state index is 15.0. The average molecular weight is 1120 g/mol. The molecule has 10 aromatic carbocycles. The smallest absolute Gasteiger partial charge is 0.266 e. The van der Waals surface area contributed by atoms with E-state index in [0.29, 0.717) is 33.6 Å². The largest absolute Gasteiger partial charge is 1.00 e. The zero-order valence-corrected chi connectivity index (χ0v) is 47.5. The first kappa shape index (κ1) is 53.9. The van der Waals surface area contributed by atoms with Gasteiger partial charge in [-0.15, -0.1) is 0 Å². The molecular formula is C70H54Cl2N2O4P2. The molecule has 1 aliphatic carbocycles. The van der Waals surface area contributed by atoms with Crippen LogP contribution >= 0.6 is 14.5 Å². The highest BCUT2D eigenvalue weighted by atomic mass is 35.5. The fraction of sp³-hybridized carbons (Fsp3) is 0.0857. The Labute approximate surface area is 480 Å². The van der Waals surface area contributed by atoms with Crippen LogP contribution in [0.3, 0.4) is 0 Å². The van der Waals surface area contributed by atoms with Crippen molar-refractivity contribution in [3.05, 3.63) is 300 Å². The number of fused-ring (bicyclic) bond motifs is 3. The summed E-state index contributed by atoms with van der Waals surface area (Å²) in [5.74, 6) is -1.43. The molecule has 0 bridgehead atoms. The Morgan fingerprint density at radius 1 is 0.312 bits per heavy atom. The number of rotatable bonds is 11. The van der Waals surface area contributed by atoms with Crippen LogP contribution in [0.5, 0.6) is 0 Å². The number of hydrogen-bond acceptors (Lipinski definition) is 4. The normalized spacial score (nSPS) is 16.1. The lowest BCUT2D eigenvalue weighted by Gasteiger charge is -2.29. The van der Waals surface area contributed by atoms with Crippen LogP contribution in [0, 0.1) is 0 Å². The number of carbonyl (C=O) groups excluding carboxylic acids is 4. The van der Waals surface area contributed by atoms with Crippen molar-refractivity contribution in [1.82, 2.24) is 0 Å². The molecule has 10 aromatic rings. The van der Waals surface area contributed by atoms with E-state index in [1.807, 2.05) is 103 Å². The van der Waals surface area contributed by atoms with Crippen LogP contribution in [0.4, 0.5) is 11.4 Å². The summed E-state index contributed by atoms with van der Waals surface area (Å²) in [5, 5.41) is 8.87. The predicted octanol–water partition coefficient (Wildman–Crippen LogP) is 5.52. The van der Waals surface area contributed by atoms with Gasteiger partial charge in [-0.05, 0) is 162 Å². The topological polar surface area (TPSA) is 74.8 Å². The number of benzene rings is 10. The van der Waals surface area contributed by atoms with Crippen LogP contribution in [0.15, 0.2) is 261 Å². The minimum absolute atomic E-state index is 0. The molecule has 3 aliphatic rings. The summed E-state index contributed by atoms with van der Waals surface area (Å²) in [7, 11) is -5.08. The van der Waals surface area contributed by atoms with E-state index in [9.17, 15) is 19.2 Å². The molecule has 392 valence electrons. The van der Waals surface area contributed by atoms with E-state index in [1.165, 1.54) is 9.80 Å². The fourth-order valence-electron chi connectivity index (χ4n) is 13.1. The van der Waals surface area contributed by atoms with Gasteiger partial charge in [0, 0.05) is 5.41 Å². The van der Waals surface area contributed by atoms with E-state index in [-0.39, 0.29) is 53.9 Å². The molecule has 6 nitrogen and oxygen atoms in total. The standard InChI is InChI=1S/C70H54N2O4P2.2ClH/c1-69(2)47-70(3,48-34-36-49(37-35-48)71-65(73)59-41-39-57(45-61(59)67(71)75)77(51-22-10-4-11-23-51,52-24-12-5-13-25-52)53-26-14-6-15-27-53)64-44-50(38-43-63(64)69)72-66(74)60-42-40-58(46-62(60)68(72)76)78(54-28-16-7-17-29-54,55-30-18-8-19-31-55)56-32-20-9-21-33-56;;/h4-46H,47H2,1-3H3;2*1H/q+2;;/p-2. The molecule has 1 atom stereocenters. The number of anilines is 2. The van der Waals surface area contributed by atoms with Crippen molar-refractivity contribution in [2.75, 3.05) is 9.80 Å². The van der Waals surface area contributed by atoms with Gasteiger partial charge in [0.05, 0.1) is 33.6 Å². The molecule has 0 saturated heterocycles. The third-order valence-corrected chi connectivity index (χ3v) is 25.1. The first-order valence-electron chi connectivity index (χ1n) is 26.4. The van der Waals surface area contributed by atoms with Gasteiger partial charge in [-0.25, -0.2) is 9.80 Å². The molecule has 80 heavy (non-hydrogen) atoms. The SMILES string of the molecule is CC1(C)CC(C)(c2ccc(N3C(=O)c4ccc([P+](c5ccccc5)(c5ccccc5)c5ccccc5)cc4C3=O)cc2)c2cc(N3C(=O)c4ccc([P+](c5ccccc5)(c5ccccc5)c5ccccc5)cc4C3=O)ccc21.[Cl-].[Cl-]. The lowest BCUT2D eigenvalue weighted by Crippen LogP contribution is -3.00. The predicted molar refractivity (Wildman–Crippen MR) is 322 cm³/mol. The second-order valence-electron chi connectivity index (χ2n) is 21.4. The monoisotopic (exact) mass is 1120 g/mol. The van der Waals surface area contributed by atoms with Crippen LogP contribution in [0.2, 0.25) is 0 Å². The number of halogens is 2. The quantitative estimate of drug-likeness (QED) is 0.127. The maximum Gasteiger partial charge on any atom is 0.266 e. The molecule has 13 rings (SSSR count). The molecule has 0 radical (unpaired) electrons. The highest BCUT2D eigenvalue weighted by molar-refractivity contribution is 8.02. The van der Waals surface area contributed by atoms with Crippen LogP contribution in [0.25, 0.3) is 0 Å². The van der Waals surface area contributed by atoms with Crippen molar-refractivity contribution in [2.24, 2.45) is 0 Å². The van der Waals surface area contributed by atoms with Crippen molar-refractivity contribution >= 4 is 92.0 Å². The second-order valence-corrected chi connectivity index (χ2v) is 28.2. The van der Waals surface area contributed by atoms with Gasteiger partial charge in [-0.2, -0.15) is 0 Å². The summed E-state index contributed by atoms with van der Waals surface area (Å²) in [6.45, 7) is 6.67. The number of hydrogen-bond donors (Lipinski definition) is 0. The Kier molecular flexibility index (Phi) is 14.1. The van der Waals surface area contributed by atoms with E-state index >= 15 is 0 Å². The Morgan fingerprint density at radius 2 is 0.625 bits per heavy atom. The first-order valence-corrected chi connectivity index (χ1v) is 30.0. The number of amides is 4. The summed E-state index contributed by atoms with van der Waals surface area (Å²) >= 11 is 0. The van der Waals surface area contributed by atoms with Gasteiger partial charge in [0.15, 0.2) is 0 Å².